The maximum Gasteiger partial charge on any atom is 0.227 e. The van der Waals surface area contributed by atoms with E-state index >= 15 is 0 Å². The van der Waals surface area contributed by atoms with Gasteiger partial charge < -0.3 is 10.6 Å². The van der Waals surface area contributed by atoms with Crippen molar-refractivity contribution >= 4 is 29.1 Å². The summed E-state index contributed by atoms with van der Waals surface area (Å²) in [6, 6.07) is 11.9. The average molecular weight is 325 g/mol. The zero-order chi connectivity index (χ0) is 16.2. The number of amides is 1. The van der Waals surface area contributed by atoms with Gasteiger partial charge in [0, 0.05) is 35.8 Å². The van der Waals surface area contributed by atoms with Crippen LogP contribution in [0.2, 0.25) is 0 Å². The second-order valence-corrected chi connectivity index (χ2v) is 6.26. The summed E-state index contributed by atoms with van der Waals surface area (Å²) in [5.74, 6) is 0.125. The van der Waals surface area contributed by atoms with Gasteiger partial charge in [-0.05, 0) is 42.5 Å². The predicted octanol–water partition coefficient (Wildman–Crippen LogP) is 3.21. The molecule has 0 atom stereocenters. The Bertz CT molecular complexity index is 726. The molecule has 118 valence electrons. The van der Waals surface area contributed by atoms with Gasteiger partial charge in [0.05, 0.1) is 11.4 Å². The molecule has 1 aliphatic rings. The molecule has 0 radical (unpaired) electrons. The first-order chi connectivity index (χ1) is 11.2. The molecule has 1 aromatic heterocycles. The molecule has 0 saturated carbocycles. The van der Waals surface area contributed by atoms with Crippen LogP contribution in [0, 0.1) is 0 Å². The van der Waals surface area contributed by atoms with Crippen LogP contribution in [0.3, 0.4) is 0 Å². The fourth-order valence-electron chi connectivity index (χ4n) is 2.76. The van der Waals surface area contributed by atoms with Gasteiger partial charge in [0.25, 0.3) is 0 Å². The van der Waals surface area contributed by atoms with Crippen LogP contribution in [-0.2, 0) is 4.79 Å². The molecule has 1 aliphatic heterocycles. The van der Waals surface area contributed by atoms with Gasteiger partial charge in [0.1, 0.15) is 0 Å². The Labute approximate surface area is 140 Å². The van der Waals surface area contributed by atoms with Gasteiger partial charge in [-0.1, -0.05) is 12.1 Å². The van der Waals surface area contributed by atoms with E-state index in [-0.39, 0.29) is 5.91 Å². The second-order valence-electron chi connectivity index (χ2n) is 5.38. The van der Waals surface area contributed by atoms with Crippen molar-refractivity contribution in [2.75, 3.05) is 12.8 Å². The molecule has 2 aromatic rings. The molecule has 0 unspecified atom stereocenters. The van der Waals surface area contributed by atoms with Crippen LogP contribution in [-0.4, -0.2) is 28.6 Å². The fourth-order valence-corrected chi connectivity index (χ4v) is 3.17. The molecule has 5 heteroatoms. The van der Waals surface area contributed by atoms with Gasteiger partial charge in [-0.15, -0.1) is 11.8 Å². The highest BCUT2D eigenvalue weighted by atomic mass is 32.2. The van der Waals surface area contributed by atoms with E-state index in [1.54, 1.807) is 29.1 Å². The Kier molecular flexibility index (Phi) is 4.67. The molecule has 1 saturated heterocycles. The van der Waals surface area contributed by atoms with Crippen LogP contribution in [0.1, 0.15) is 24.0 Å². The van der Waals surface area contributed by atoms with Crippen LogP contribution in [0.25, 0.3) is 11.4 Å². The topological polar surface area (TPSA) is 59.2 Å². The van der Waals surface area contributed by atoms with E-state index in [1.165, 1.54) is 4.90 Å². The molecule has 1 amide bonds. The summed E-state index contributed by atoms with van der Waals surface area (Å²) in [6.45, 7) is 0.708. The number of hydrogen-bond acceptors (Lipinski definition) is 4. The summed E-state index contributed by atoms with van der Waals surface area (Å²) in [6.07, 6.45) is 6.93. The second kappa shape index (κ2) is 6.87. The maximum atomic E-state index is 12.2. The first-order valence-corrected chi connectivity index (χ1v) is 8.78. The van der Waals surface area contributed by atoms with Gasteiger partial charge in [0.2, 0.25) is 5.91 Å². The van der Waals surface area contributed by atoms with E-state index in [2.05, 4.69) is 4.98 Å². The number of hydrogen-bond donors (Lipinski definition) is 1. The van der Waals surface area contributed by atoms with Crippen LogP contribution in [0.4, 0.5) is 0 Å². The number of nitrogens with two attached hydrogens (primary N) is 1. The number of nitrogens with zero attached hydrogens (tertiary/aromatic N) is 2. The first kappa shape index (κ1) is 15.6. The number of carbonyl (C=O) groups is 1. The minimum atomic E-state index is 0.125. The van der Waals surface area contributed by atoms with Crippen molar-refractivity contribution in [2.45, 2.75) is 17.7 Å². The minimum absolute atomic E-state index is 0.125. The number of benzene rings is 1. The summed E-state index contributed by atoms with van der Waals surface area (Å²) < 4.78 is 0. The van der Waals surface area contributed by atoms with E-state index < -0.39 is 0 Å². The highest BCUT2D eigenvalue weighted by Gasteiger charge is 2.26. The minimum Gasteiger partial charge on any atom is -0.397 e. The lowest BCUT2D eigenvalue weighted by atomic mass is 10.1. The van der Waals surface area contributed by atoms with Gasteiger partial charge in [0.15, 0.2) is 0 Å². The van der Waals surface area contributed by atoms with Crippen molar-refractivity contribution in [1.82, 2.24) is 9.88 Å². The predicted molar refractivity (Wildman–Crippen MR) is 94.4 cm³/mol. The largest absolute Gasteiger partial charge is 0.397 e. The van der Waals surface area contributed by atoms with Crippen molar-refractivity contribution in [3.8, 4) is 0 Å². The summed E-state index contributed by atoms with van der Waals surface area (Å²) in [5.41, 5.74) is 9.72. The molecule has 0 aliphatic carbocycles. The van der Waals surface area contributed by atoms with Crippen LogP contribution in [0.15, 0.2) is 53.7 Å². The smallest absolute Gasteiger partial charge is 0.227 e. The highest BCUT2D eigenvalue weighted by molar-refractivity contribution is 7.98. The Morgan fingerprint density at radius 2 is 1.83 bits per heavy atom. The summed E-state index contributed by atoms with van der Waals surface area (Å²) >= 11 is 1.69. The van der Waals surface area contributed by atoms with Crippen molar-refractivity contribution in [3.63, 3.8) is 0 Å². The van der Waals surface area contributed by atoms with E-state index in [1.807, 2.05) is 42.7 Å². The van der Waals surface area contributed by atoms with E-state index in [9.17, 15) is 4.79 Å². The first-order valence-electron chi connectivity index (χ1n) is 7.55. The third kappa shape index (κ3) is 3.24. The highest BCUT2D eigenvalue weighted by Crippen LogP contribution is 2.30. The molecule has 23 heavy (non-hydrogen) atoms. The fraction of sp³-hybridized carbons (Fsp3) is 0.222. The quantitative estimate of drug-likeness (QED) is 0.877. The summed E-state index contributed by atoms with van der Waals surface area (Å²) in [5, 5.41) is 0. The van der Waals surface area contributed by atoms with Crippen molar-refractivity contribution in [2.24, 2.45) is 5.73 Å². The van der Waals surface area contributed by atoms with Gasteiger partial charge >= 0.3 is 0 Å². The number of rotatable bonds is 4. The third-order valence-corrected chi connectivity index (χ3v) is 4.70. The SMILES string of the molecule is CSc1ccc(/C(N)=C(\c2ccncc2)N2CCCC2=O)cc1. The zero-order valence-corrected chi connectivity index (χ0v) is 13.8. The monoisotopic (exact) mass is 325 g/mol. The molecule has 1 fully saturated rings. The van der Waals surface area contributed by atoms with Crippen LogP contribution in [0.5, 0.6) is 0 Å². The molecule has 2 N–H and O–H groups in total. The average Bonchev–Trinajstić information content (AvgIpc) is 3.02. The number of pyridine rings is 1. The normalized spacial score (nSPS) is 15.7. The zero-order valence-electron chi connectivity index (χ0n) is 13.0. The van der Waals surface area contributed by atoms with Gasteiger partial charge in [-0.2, -0.15) is 0 Å². The molecule has 3 rings (SSSR count). The third-order valence-electron chi connectivity index (χ3n) is 3.95. The number of thioether (sulfide) groups is 1. The molecule has 0 bridgehead atoms. The van der Waals surface area contributed by atoms with E-state index in [4.69, 9.17) is 5.73 Å². The number of aromatic nitrogens is 1. The lowest BCUT2D eigenvalue weighted by Crippen LogP contribution is -2.25. The van der Waals surface area contributed by atoms with Gasteiger partial charge in [-0.25, -0.2) is 0 Å². The Morgan fingerprint density at radius 3 is 2.39 bits per heavy atom. The Balaban J connectivity index is 2.10. The van der Waals surface area contributed by atoms with Crippen molar-refractivity contribution in [1.29, 1.82) is 0 Å². The van der Waals surface area contributed by atoms with Crippen molar-refractivity contribution in [3.05, 3.63) is 59.9 Å². The van der Waals surface area contributed by atoms with Crippen LogP contribution < -0.4 is 5.73 Å². The molecule has 4 nitrogen and oxygen atoms in total. The number of likely N-dealkylation sites (tertiary alicyclic amines) is 1. The lowest BCUT2D eigenvalue weighted by molar-refractivity contribution is -0.124. The molecule has 0 spiro atoms. The summed E-state index contributed by atoms with van der Waals surface area (Å²) in [4.78, 5) is 19.3. The summed E-state index contributed by atoms with van der Waals surface area (Å²) in [7, 11) is 0. The standard InChI is InChI=1S/C18H19N3OS/c1-23-15-6-4-13(5-7-15)17(19)18(14-8-10-20-11-9-14)21-12-2-3-16(21)22/h4-11H,2-3,12,19H2,1H3/b18-17-. The Morgan fingerprint density at radius 1 is 1.13 bits per heavy atom. The molecular formula is C18H19N3OS. The molecular weight excluding hydrogens is 306 g/mol. The van der Waals surface area contributed by atoms with E-state index in [0.717, 1.165) is 23.2 Å². The van der Waals surface area contributed by atoms with Crippen LogP contribution >= 0.6 is 11.8 Å². The van der Waals surface area contributed by atoms with E-state index in [0.29, 0.717) is 18.7 Å². The van der Waals surface area contributed by atoms with Crippen molar-refractivity contribution < 1.29 is 4.79 Å². The number of carbonyl (C=O) groups excluding carboxylic acids is 1. The molecule has 2 heterocycles. The maximum absolute atomic E-state index is 12.2. The van der Waals surface area contributed by atoms with Gasteiger partial charge in [-0.3, -0.25) is 9.78 Å². The lowest BCUT2D eigenvalue weighted by Gasteiger charge is -2.23. The Hall–Kier alpha value is -2.27. The molecule has 1 aromatic carbocycles.